The second kappa shape index (κ2) is 29.6. The Morgan fingerprint density at radius 2 is 0.374 bits per heavy atom. The van der Waals surface area contributed by atoms with Crippen LogP contribution in [0.5, 0.6) is 0 Å². The Bertz CT molecular complexity index is 5750. The molecule has 0 fully saturated rings. The molecule has 4 aromatic heterocycles. The summed E-state index contributed by atoms with van der Waals surface area (Å²) in [5.74, 6) is -0.109. The van der Waals surface area contributed by atoms with Crippen molar-refractivity contribution in [2.45, 2.75) is 6.92 Å². The predicted octanol–water partition coefficient (Wildman–Crippen LogP) is 22.3. The van der Waals surface area contributed by atoms with Crippen molar-refractivity contribution in [3.63, 3.8) is 0 Å². The Kier molecular flexibility index (Phi) is 18.3. The summed E-state index contributed by atoms with van der Waals surface area (Å²) < 4.78 is 9.50. The number of nitrogens with one attached hydrogen (secondary N) is 1. The highest BCUT2D eigenvalue weighted by molar-refractivity contribution is 5.89. The molecule has 17 aromatic rings. The van der Waals surface area contributed by atoms with Gasteiger partial charge in [-0.05, 0) is 166 Å². The molecular weight excluding hydrogens is 1300 g/mol. The molecule has 506 valence electrons. The van der Waals surface area contributed by atoms with E-state index in [4.69, 9.17) is 5.73 Å². The Labute approximate surface area is 624 Å². The molecule has 1 amide bonds. The highest BCUT2D eigenvalue weighted by Gasteiger charge is 2.32. The van der Waals surface area contributed by atoms with Crippen LogP contribution in [0.25, 0.3) is 157 Å². The van der Waals surface area contributed by atoms with E-state index in [9.17, 15) is 4.79 Å². The number of amides is 1. The smallest absolute Gasteiger partial charge is 0.221 e. The number of hydrogen-bond acceptors (Lipinski definition) is 2. The second-order valence-corrected chi connectivity index (χ2v) is 26.8. The normalized spacial score (nSPS) is 11.1. The molecule has 0 atom stereocenters. The average Bonchev–Trinajstić information content (AvgIpc) is 0.768. The van der Waals surface area contributed by atoms with E-state index in [-0.39, 0.29) is 5.91 Å². The van der Waals surface area contributed by atoms with E-state index in [1.54, 1.807) is 0 Å². The number of nitrogen functional groups attached to an aromatic ring is 1. The fourth-order valence-electron chi connectivity index (χ4n) is 14.7. The van der Waals surface area contributed by atoms with Crippen LogP contribution in [0, 0.1) is 0 Å². The van der Waals surface area contributed by atoms with E-state index in [1.165, 1.54) is 6.92 Å². The summed E-state index contributed by atoms with van der Waals surface area (Å²) in [6.07, 6.45) is 0. The van der Waals surface area contributed by atoms with Crippen LogP contribution in [0.3, 0.4) is 0 Å². The van der Waals surface area contributed by atoms with E-state index in [2.05, 4.69) is 412 Å². The molecule has 0 bridgehead atoms. The lowest BCUT2D eigenvalue weighted by Crippen LogP contribution is -2.38. The van der Waals surface area contributed by atoms with Gasteiger partial charge in [0.25, 0.3) is 0 Å². The summed E-state index contributed by atoms with van der Waals surface area (Å²) in [6, 6.07) is 147. The number of nitrogens with two attached hydrogens (primary N) is 1. The number of nitrogens with zero attached hydrogens (tertiary/aromatic N) is 4. The average molecular weight is 1380 g/mol. The van der Waals surface area contributed by atoms with Gasteiger partial charge in [0, 0.05) is 160 Å². The minimum Gasteiger partial charge on any atom is -0.399 e. The van der Waals surface area contributed by atoms with Gasteiger partial charge in [0.1, 0.15) is 0 Å². The number of rotatable bonds is 17. The summed E-state index contributed by atoms with van der Waals surface area (Å²) >= 11 is 0. The molecule has 7 heteroatoms. The van der Waals surface area contributed by atoms with Crippen LogP contribution in [0.2, 0.25) is 0 Å². The minimum absolute atomic E-state index is 0.109. The predicted molar refractivity (Wildman–Crippen MR) is 437 cm³/mol. The molecule has 0 spiro atoms. The fraction of sp³-hybridized carbons (Fsp3) is 0.0100. The Morgan fingerprint density at radius 1 is 0.206 bits per heavy atom. The third kappa shape index (κ3) is 13.8. The van der Waals surface area contributed by atoms with Crippen molar-refractivity contribution >= 4 is 17.3 Å². The zero-order chi connectivity index (χ0) is 72.0. The van der Waals surface area contributed by atoms with E-state index in [1.807, 2.05) is 24.3 Å². The lowest BCUT2D eigenvalue weighted by atomic mass is 9.95. The van der Waals surface area contributed by atoms with Crippen LogP contribution in [-0.2, 0) is 4.79 Å². The van der Waals surface area contributed by atoms with Gasteiger partial charge in [0.15, 0.2) is 0 Å². The van der Waals surface area contributed by atoms with Gasteiger partial charge in [-0.25, -0.2) is 0 Å². The van der Waals surface area contributed by atoms with Gasteiger partial charge in [0.05, 0.1) is 0 Å². The van der Waals surface area contributed by atoms with Gasteiger partial charge in [-0.2, -0.15) is 18.3 Å². The van der Waals surface area contributed by atoms with Crippen LogP contribution in [0.4, 0.5) is 11.4 Å². The molecule has 0 saturated heterocycles. The molecule has 17 rings (SSSR count). The molecule has 0 radical (unpaired) electrons. The van der Waals surface area contributed by atoms with Crippen LogP contribution in [0.15, 0.2) is 413 Å². The number of benzene rings is 13. The maximum atomic E-state index is 12.1. The van der Waals surface area contributed by atoms with Crippen LogP contribution < -0.4 is 29.3 Å². The van der Waals surface area contributed by atoms with Gasteiger partial charge < -0.3 is 11.1 Å². The first kappa shape index (κ1) is 66.0. The molecule has 107 heavy (non-hydrogen) atoms. The summed E-state index contributed by atoms with van der Waals surface area (Å²) in [5, 5.41) is 2.94. The van der Waals surface area contributed by atoms with Crippen molar-refractivity contribution in [1.29, 1.82) is 0 Å². The Balaban J connectivity index is 0.768. The number of carbonyl (C=O) groups excluding carboxylic acids is 1. The molecular formula is C100H74N6O+4. The zero-order valence-electron chi connectivity index (χ0n) is 59.0. The van der Waals surface area contributed by atoms with Gasteiger partial charge in [0.2, 0.25) is 74.2 Å². The van der Waals surface area contributed by atoms with Crippen LogP contribution >= 0.6 is 0 Å². The molecule has 0 aliphatic heterocycles. The largest absolute Gasteiger partial charge is 0.399 e. The van der Waals surface area contributed by atoms with Crippen molar-refractivity contribution in [2.24, 2.45) is 0 Å². The maximum absolute atomic E-state index is 12.1. The number of anilines is 2. The second-order valence-electron chi connectivity index (χ2n) is 26.8. The third-order valence-corrected chi connectivity index (χ3v) is 19.9. The van der Waals surface area contributed by atoms with Crippen molar-refractivity contribution in [2.75, 3.05) is 11.1 Å². The minimum atomic E-state index is -0.109. The first-order valence-corrected chi connectivity index (χ1v) is 36.2. The third-order valence-electron chi connectivity index (χ3n) is 19.9. The molecule has 0 aliphatic rings. The van der Waals surface area contributed by atoms with Gasteiger partial charge in [-0.3, -0.25) is 4.79 Å². The van der Waals surface area contributed by atoms with Crippen LogP contribution in [-0.4, -0.2) is 5.91 Å². The molecule has 7 nitrogen and oxygen atoms in total. The molecule has 4 heterocycles. The van der Waals surface area contributed by atoms with Crippen molar-refractivity contribution in [3.05, 3.63) is 413 Å². The molecule has 3 N–H and O–H groups in total. The number of hydrogen-bond donors (Lipinski definition) is 2. The highest BCUT2D eigenvalue weighted by Crippen LogP contribution is 2.39. The molecule has 0 unspecified atom stereocenters. The zero-order valence-corrected chi connectivity index (χ0v) is 59.0. The Hall–Kier alpha value is -14.3. The van der Waals surface area contributed by atoms with Crippen molar-refractivity contribution in [1.82, 2.24) is 0 Å². The van der Waals surface area contributed by atoms with Gasteiger partial charge in [-0.15, -0.1) is 0 Å². The van der Waals surface area contributed by atoms with Crippen LogP contribution in [0.1, 0.15) is 6.92 Å². The van der Waals surface area contributed by atoms with E-state index in [0.29, 0.717) is 0 Å². The Morgan fingerprint density at radius 3 is 0.551 bits per heavy atom. The first-order valence-electron chi connectivity index (χ1n) is 36.2. The standard InChI is InChI=1S/C100H72N6O/c1-70(107)102-88-52-56-90(57-53-88)104-95(77-30-14-4-15-31-77)64-84(65-96(104)78-32-16-5-17-33-78)72-44-48-74(49-45-72)86-68-99(81-38-22-8-23-39-81)106(100(69-86)82-40-24-9-25-41-82)92-60-58-91(59-61-92)105-97(79-34-18-6-19-35-79)66-85(67-98(105)80-36-20-7-21-37-80)73-46-42-71(43-47-73)83-62-93(75-26-10-2-11-27-75)103(89-54-50-87(101)51-55-89)94(63-83)76-28-12-3-13-29-76/h2-69,101H,1H3/q+2/p+2. The number of carbonyl (C=O) groups is 1. The fourth-order valence-corrected chi connectivity index (χ4v) is 14.7. The maximum Gasteiger partial charge on any atom is 0.221 e. The first-order chi connectivity index (χ1) is 52.8. The number of aromatic nitrogens is 4. The molecule has 13 aromatic carbocycles. The van der Waals surface area contributed by atoms with Crippen molar-refractivity contribution < 1.29 is 23.1 Å². The summed E-state index contributed by atoms with van der Waals surface area (Å²) in [7, 11) is 0. The quantitative estimate of drug-likeness (QED) is 0.0704. The monoisotopic (exact) mass is 1370 g/mol. The summed E-state index contributed by atoms with van der Waals surface area (Å²) in [4.78, 5) is 12.1. The van der Waals surface area contributed by atoms with E-state index >= 15 is 0 Å². The van der Waals surface area contributed by atoms with Crippen molar-refractivity contribution in [3.8, 4) is 157 Å². The number of pyridine rings is 4. The lowest BCUT2D eigenvalue weighted by molar-refractivity contribution is -0.576. The molecule has 0 aliphatic carbocycles. The topological polar surface area (TPSA) is 70.6 Å². The lowest BCUT2D eigenvalue weighted by Gasteiger charge is -2.15. The molecule has 0 saturated carbocycles. The highest BCUT2D eigenvalue weighted by atomic mass is 16.1. The summed E-state index contributed by atoms with van der Waals surface area (Å²) in [5.41, 5.74) is 37.7. The SMILES string of the molecule is CC(=O)Nc1ccc(-[n+]2c(-c3ccccc3)cc(-c3ccc(-c4cc(-c5ccccc5)[n+](-c5ccc(-[n+]6c(-c7ccccc7)cc(-c7ccc(-c8cc(-c9ccccc9)[n+](-c9ccc(N)cc9)c(-c9ccccc9)c8)cc7)cc6-c6ccccc6)cc5)c(-c5ccccc5)c4)cc3)cc2-c2ccccc2)cc1. The van der Waals surface area contributed by atoms with Gasteiger partial charge >= 0.3 is 0 Å². The van der Waals surface area contributed by atoms with Gasteiger partial charge in [-0.1, -0.05) is 194 Å². The summed E-state index contributed by atoms with van der Waals surface area (Å²) in [6.45, 7) is 1.53. The van der Waals surface area contributed by atoms with E-state index in [0.717, 1.165) is 169 Å². The van der Waals surface area contributed by atoms with E-state index < -0.39 is 0 Å².